The van der Waals surface area contributed by atoms with Crippen LogP contribution >= 0.6 is 34.8 Å². The molecule has 0 N–H and O–H groups in total. The van der Waals surface area contributed by atoms with Crippen molar-refractivity contribution in [1.29, 1.82) is 0 Å². The predicted octanol–water partition coefficient (Wildman–Crippen LogP) is 4.41. The normalized spacial score (nSPS) is 10.6. The van der Waals surface area contributed by atoms with Crippen LogP contribution in [0.25, 0.3) is 11.3 Å². The Balaban J connectivity index is 2.31. The zero-order valence-electron chi connectivity index (χ0n) is 10.5. The average Bonchev–Trinajstić information content (AvgIpc) is 2.80. The van der Waals surface area contributed by atoms with E-state index in [0.717, 1.165) is 5.56 Å². The lowest BCUT2D eigenvalue weighted by Gasteiger charge is -2.02. The molecule has 0 unspecified atom stereocenters. The topological polar surface area (TPSA) is 52.3 Å². The number of ether oxygens (including phenoxy) is 1. The van der Waals surface area contributed by atoms with Gasteiger partial charge in [0.1, 0.15) is 11.5 Å². The van der Waals surface area contributed by atoms with Crippen LogP contribution in [0.4, 0.5) is 0 Å². The molecule has 4 nitrogen and oxygen atoms in total. The highest BCUT2D eigenvalue weighted by atomic mass is 35.5. The summed E-state index contributed by atoms with van der Waals surface area (Å²) in [5, 5.41) is 0.856. The largest absolute Gasteiger partial charge is 0.469 e. The molecule has 0 fully saturated rings. The van der Waals surface area contributed by atoms with Gasteiger partial charge in [0.05, 0.1) is 23.6 Å². The molecular formula is C13H10Cl3NO3. The first kappa shape index (κ1) is 15.2. The van der Waals surface area contributed by atoms with Crippen LogP contribution in [0, 0.1) is 0 Å². The highest BCUT2D eigenvalue weighted by Gasteiger charge is 2.16. The van der Waals surface area contributed by atoms with Crippen molar-refractivity contribution in [3.05, 3.63) is 39.4 Å². The summed E-state index contributed by atoms with van der Waals surface area (Å²) in [6.07, 6.45) is 0.512. The van der Waals surface area contributed by atoms with Crippen molar-refractivity contribution in [2.75, 3.05) is 7.11 Å². The summed E-state index contributed by atoms with van der Waals surface area (Å²) >= 11 is 17.6. The smallest absolute Gasteiger partial charge is 0.305 e. The maximum Gasteiger partial charge on any atom is 0.305 e. The number of rotatable bonds is 4. The minimum Gasteiger partial charge on any atom is -0.469 e. The van der Waals surface area contributed by atoms with Crippen LogP contribution < -0.4 is 0 Å². The van der Waals surface area contributed by atoms with Crippen LogP contribution in [0.15, 0.2) is 22.6 Å². The number of hydrogen-bond donors (Lipinski definition) is 0. The fourth-order valence-electron chi connectivity index (χ4n) is 1.68. The Morgan fingerprint density at radius 3 is 2.70 bits per heavy atom. The summed E-state index contributed by atoms with van der Waals surface area (Å²) in [7, 11) is 1.33. The van der Waals surface area contributed by atoms with Gasteiger partial charge >= 0.3 is 5.97 Å². The van der Waals surface area contributed by atoms with Gasteiger partial charge in [0, 0.05) is 12.0 Å². The van der Waals surface area contributed by atoms with E-state index >= 15 is 0 Å². The number of carbonyl (C=O) groups excluding carboxylic acids is 1. The first-order valence-electron chi connectivity index (χ1n) is 5.68. The number of methoxy groups -OCH3 is 1. The molecule has 0 aliphatic rings. The number of esters is 1. The van der Waals surface area contributed by atoms with Crippen molar-refractivity contribution < 1.29 is 13.9 Å². The number of halogens is 3. The molecule has 20 heavy (non-hydrogen) atoms. The second-order valence-electron chi connectivity index (χ2n) is 3.94. The van der Waals surface area contributed by atoms with Gasteiger partial charge in [-0.3, -0.25) is 4.79 Å². The minimum absolute atomic E-state index is 0.00550. The van der Waals surface area contributed by atoms with Crippen LogP contribution in [-0.2, 0) is 16.0 Å². The molecule has 0 aliphatic heterocycles. The van der Waals surface area contributed by atoms with E-state index in [1.54, 1.807) is 18.2 Å². The van der Waals surface area contributed by atoms with Crippen molar-refractivity contribution >= 4 is 40.8 Å². The van der Waals surface area contributed by atoms with Crippen molar-refractivity contribution in [1.82, 2.24) is 4.98 Å². The molecule has 7 heteroatoms. The second-order valence-corrected chi connectivity index (χ2v) is 5.08. The lowest BCUT2D eigenvalue weighted by Crippen LogP contribution is -2.02. The second kappa shape index (κ2) is 6.48. The maximum atomic E-state index is 11.2. The summed E-state index contributed by atoms with van der Waals surface area (Å²) in [6, 6.07) is 5.08. The van der Waals surface area contributed by atoms with Gasteiger partial charge in [-0.25, -0.2) is 0 Å². The monoisotopic (exact) mass is 333 g/mol. The molecule has 2 aromatic rings. The van der Waals surface area contributed by atoms with E-state index in [1.165, 1.54) is 7.11 Å². The Kier molecular flexibility index (Phi) is 4.91. The van der Waals surface area contributed by atoms with E-state index in [2.05, 4.69) is 9.72 Å². The van der Waals surface area contributed by atoms with Crippen LogP contribution in [-0.4, -0.2) is 18.1 Å². The molecule has 0 amide bonds. The zero-order chi connectivity index (χ0) is 14.7. The standard InChI is InChI=1S/C13H10Cl3NO3/c1-19-11(18)5-4-10-12(17-13(16)20-10)7-2-3-8(14)9(15)6-7/h2-3,6H,4-5H2,1H3. The molecule has 1 aromatic heterocycles. The SMILES string of the molecule is COC(=O)CCc1oc(Cl)nc1-c1ccc(Cl)c(Cl)c1. The fraction of sp³-hybridized carbons (Fsp3) is 0.231. The third kappa shape index (κ3) is 3.45. The van der Waals surface area contributed by atoms with Gasteiger partial charge < -0.3 is 9.15 Å². The Bertz CT molecular complexity index is 640. The van der Waals surface area contributed by atoms with Gasteiger partial charge in [0.15, 0.2) is 0 Å². The molecule has 1 heterocycles. The van der Waals surface area contributed by atoms with Crippen molar-refractivity contribution in [2.45, 2.75) is 12.8 Å². The molecule has 0 aliphatic carbocycles. The number of aromatic nitrogens is 1. The predicted molar refractivity (Wildman–Crippen MR) is 77.3 cm³/mol. The molecule has 0 bridgehead atoms. The quantitative estimate of drug-likeness (QED) is 0.777. The van der Waals surface area contributed by atoms with E-state index in [-0.39, 0.29) is 17.7 Å². The van der Waals surface area contributed by atoms with E-state index in [0.29, 0.717) is 27.9 Å². The minimum atomic E-state index is -0.336. The van der Waals surface area contributed by atoms with Gasteiger partial charge in [0.2, 0.25) is 0 Å². The third-order valence-corrected chi connectivity index (χ3v) is 3.55. The van der Waals surface area contributed by atoms with Gasteiger partial charge in [0.25, 0.3) is 5.35 Å². The summed E-state index contributed by atoms with van der Waals surface area (Å²) < 4.78 is 9.89. The molecule has 0 spiro atoms. The maximum absolute atomic E-state index is 11.2. The molecule has 0 radical (unpaired) electrons. The van der Waals surface area contributed by atoms with E-state index in [9.17, 15) is 4.79 Å². The van der Waals surface area contributed by atoms with E-state index in [4.69, 9.17) is 39.2 Å². The number of oxazole rings is 1. The van der Waals surface area contributed by atoms with Crippen molar-refractivity contribution in [3.8, 4) is 11.3 Å². The molecule has 0 atom stereocenters. The number of aryl methyl sites for hydroxylation is 1. The Labute approximate surface area is 130 Å². The van der Waals surface area contributed by atoms with E-state index < -0.39 is 0 Å². The summed E-state index contributed by atoms with van der Waals surface area (Å²) in [4.78, 5) is 15.3. The van der Waals surface area contributed by atoms with Crippen LogP contribution in [0.2, 0.25) is 15.4 Å². The summed E-state index contributed by atoms with van der Waals surface area (Å²) in [6.45, 7) is 0. The number of carbonyl (C=O) groups is 1. The van der Waals surface area contributed by atoms with Crippen LogP contribution in [0.5, 0.6) is 0 Å². The molecule has 0 saturated heterocycles. The Morgan fingerprint density at radius 1 is 1.30 bits per heavy atom. The molecule has 0 saturated carbocycles. The first-order valence-corrected chi connectivity index (χ1v) is 6.82. The Morgan fingerprint density at radius 2 is 2.05 bits per heavy atom. The van der Waals surface area contributed by atoms with Crippen LogP contribution in [0.1, 0.15) is 12.2 Å². The number of nitrogens with zero attached hydrogens (tertiary/aromatic N) is 1. The van der Waals surface area contributed by atoms with Crippen molar-refractivity contribution in [3.63, 3.8) is 0 Å². The lowest BCUT2D eigenvalue weighted by molar-refractivity contribution is -0.140. The first-order chi connectivity index (χ1) is 9.51. The highest BCUT2D eigenvalue weighted by Crippen LogP contribution is 2.31. The lowest BCUT2D eigenvalue weighted by atomic mass is 10.1. The molecular weight excluding hydrogens is 325 g/mol. The Hall–Kier alpha value is -1.23. The van der Waals surface area contributed by atoms with Gasteiger partial charge in [-0.05, 0) is 23.7 Å². The van der Waals surface area contributed by atoms with E-state index in [1.807, 2.05) is 0 Å². The average molecular weight is 335 g/mol. The van der Waals surface area contributed by atoms with Crippen molar-refractivity contribution in [2.24, 2.45) is 0 Å². The van der Waals surface area contributed by atoms with Gasteiger partial charge in [-0.15, -0.1) is 0 Å². The van der Waals surface area contributed by atoms with Gasteiger partial charge in [-0.2, -0.15) is 4.98 Å². The van der Waals surface area contributed by atoms with Crippen LogP contribution in [0.3, 0.4) is 0 Å². The summed E-state index contributed by atoms with van der Waals surface area (Å²) in [5.74, 6) is 0.163. The highest BCUT2D eigenvalue weighted by molar-refractivity contribution is 6.42. The molecule has 2 rings (SSSR count). The molecule has 106 valence electrons. The number of benzene rings is 1. The van der Waals surface area contributed by atoms with Gasteiger partial charge in [-0.1, -0.05) is 29.3 Å². The molecule has 1 aromatic carbocycles. The third-order valence-electron chi connectivity index (χ3n) is 2.65. The zero-order valence-corrected chi connectivity index (χ0v) is 12.7. The number of hydrogen-bond acceptors (Lipinski definition) is 4. The fourth-order valence-corrected chi connectivity index (χ4v) is 2.15. The summed E-state index contributed by atoms with van der Waals surface area (Å²) in [5.41, 5.74) is 1.26.